The lowest BCUT2D eigenvalue weighted by Crippen LogP contribution is -2.44. The van der Waals surface area contributed by atoms with Crippen LogP contribution in [-0.2, 0) is 4.74 Å². The van der Waals surface area contributed by atoms with Crippen LogP contribution in [-0.4, -0.2) is 61.3 Å². The van der Waals surface area contributed by atoms with Gasteiger partial charge in [-0.1, -0.05) is 6.42 Å². The largest absolute Gasteiger partial charge is 0.377 e. The monoisotopic (exact) mass is 252 g/mol. The summed E-state index contributed by atoms with van der Waals surface area (Å²) >= 11 is 0. The summed E-state index contributed by atoms with van der Waals surface area (Å²) in [5, 5.41) is 0. The molecule has 2 unspecified atom stereocenters. The summed E-state index contributed by atoms with van der Waals surface area (Å²) in [5.74, 6) is 0. The average molecular weight is 252 g/mol. The highest BCUT2D eigenvalue weighted by Crippen LogP contribution is 2.23. The highest BCUT2D eigenvalue weighted by molar-refractivity contribution is 4.85. The Balaban J connectivity index is 1.47. The number of ether oxygens (including phenoxy) is 1. The van der Waals surface area contributed by atoms with Gasteiger partial charge < -0.3 is 9.64 Å². The summed E-state index contributed by atoms with van der Waals surface area (Å²) in [4.78, 5) is 5.41. The van der Waals surface area contributed by atoms with Crippen molar-refractivity contribution in [2.24, 2.45) is 0 Å². The minimum Gasteiger partial charge on any atom is -0.377 e. The first-order valence-corrected chi connectivity index (χ1v) is 8.00. The lowest BCUT2D eigenvalue weighted by molar-refractivity contribution is 0.0601. The molecule has 0 aliphatic carbocycles. The Bertz CT molecular complexity index is 247. The van der Waals surface area contributed by atoms with Crippen molar-refractivity contribution in [2.75, 3.05) is 39.3 Å². The van der Waals surface area contributed by atoms with Crippen LogP contribution < -0.4 is 0 Å². The summed E-state index contributed by atoms with van der Waals surface area (Å²) in [5.41, 5.74) is 0. The molecule has 0 bridgehead atoms. The van der Waals surface area contributed by atoms with E-state index in [1.807, 2.05) is 0 Å². The molecule has 104 valence electrons. The molecule has 2 atom stereocenters. The third kappa shape index (κ3) is 3.25. The normalized spacial score (nSPS) is 35.3. The van der Waals surface area contributed by atoms with Crippen LogP contribution in [0.15, 0.2) is 0 Å². The van der Waals surface area contributed by atoms with Crippen LogP contribution in [0.1, 0.15) is 44.9 Å². The van der Waals surface area contributed by atoms with E-state index in [4.69, 9.17) is 4.74 Å². The molecule has 18 heavy (non-hydrogen) atoms. The predicted molar refractivity (Wildman–Crippen MR) is 73.9 cm³/mol. The molecule has 3 rings (SSSR count). The van der Waals surface area contributed by atoms with Crippen molar-refractivity contribution in [2.45, 2.75) is 57.1 Å². The maximum atomic E-state index is 5.80. The number of hydrogen-bond donors (Lipinski definition) is 0. The van der Waals surface area contributed by atoms with Gasteiger partial charge in [0.2, 0.25) is 0 Å². The topological polar surface area (TPSA) is 15.7 Å². The first kappa shape index (κ1) is 12.9. The van der Waals surface area contributed by atoms with Gasteiger partial charge in [0.25, 0.3) is 0 Å². The smallest absolute Gasteiger partial charge is 0.0702 e. The van der Waals surface area contributed by atoms with Crippen LogP contribution in [0.4, 0.5) is 0 Å². The summed E-state index contributed by atoms with van der Waals surface area (Å²) in [6, 6.07) is 0.812. The summed E-state index contributed by atoms with van der Waals surface area (Å²) in [7, 11) is 0. The maximum Gasteiger partial charge on any atom is 0.0702 e. The molecule has 3 fully saturated rings. The Morgan fingerprint density at radius 2 is 1.72 bits per heavy atom. The highest BCUT2D eigenvalue weighted by atomic mass is 16.5. The number of hydrogen-bond acceptors (Lipinski definition) is 3. The molecule has 0 aromatic carbocycles. The Hall–Kier alpha value is -0.120. The van der Waals surface area contributed by atoms with Gasteiger partial charge >= 0.3 is 0 Å². The van der Waals surface area contributed by atoms with Gasteiger partial charge in [0.1, 0.15) is 0 Å². The number of rotatable bonds is 4. The van der Waals surface area contributed by atoms with E-state index in [0.717, 1.165) is 12.6 Å². The van der Waals surface area contributed by atoms with Gasteiger partial charge in [0, 0.05) is 25.7 Å². The van der Waals surface area contributed by atoms with Crippen molar-refractivity contribution in [3.05, 3.63) is 0 Å². The molecule has 0 saturated carbocycles. The van der Waals surface area contributed by atoms with Crippen molar-refractivity contribution in [1.29, 1.82) is 0 Å². The first-order valence-electron chi connectivity index (χ1n) is 8.00. The van der Waals surface area contributed by atoms with Crippen LogP contribution >= 0.6 is 0 Å². The Kier molecular flexibility index (Phi) is 4.55. The van der Waals surface area contributed by atoms with Crippen LogP contribution in [0.25, 0.3) is 0 Å². The molecule has 3 heterocycles. The Morgan fingerprint density at radius 3 is 2.50 bits per heavy atom. The van der Waals surface area contributed by atoms with E-state index in [1.54, 1.807) is 0 Å². The quantitative estimate of drug-likeness (QED) is 0.762. The third-order valence-corrected chi connectivity index (χ3v) is 4.88. The molecule has 3 saturated heterocycles. The number of nitrogens with zero attached hydrogens (tertiary/aromatic N) is 2. The SMILES string of the molecule is C1CCN(CC2CCCN2CC2CCCO2)CC1. The molecule has 3 aliphatic rings. The molecule has 3 aliphatic heterocycles. The first-order chi connectivity index (χ1) is 8.92. The van der Waals surface area contributed by atoms with Crippen molar-refractivity contribution in [3.8, 4) is 0 Å². The van der Waals surface area contributed by atoms with Crippen LogP contribution in [0, 0.1) is 0 Å². The fourth-order valence-corrected chi connectivity index (χ4v) is 3.83. The van der Waals surface area contributed by atoms with Gasteiger partial charge in [0.05, 0.1) is 6.10 Å². The average Bonchev–Trinajstić information content (AvgIpc) is 3.04. The fourth-order valence-electron chi connectivity index (χ4n) is 3.83. The van der Waals surface area contributed by atoms with Crippen molar-refractivity contribution in [1.82, 2.24) is 9.80 Å². The van der Waals surface area contributed by atoms with Crippen LogP contribution in [0.3, 0.4) is 0 Å². The van der Waals surface area contributed by atoms with Gasteiger partial charge in [-0.2, -0.15) is 0 Å². The van der Waals surface area contributed by atoms with E-state index >= 15 is 0 Å². The Labute approximate surface area is 111 Å². The molecule has 0 aromatic heterocycles. The van der Waals surface area contributed by atoms with Crippen molar-refractivity contribution >= 4 is 0 Å². The lowest BCUT2D eigenvalue weighted by Gasteiger charge is -2.33. The third-order valence-electron chi connectivity index (χ3n) is 4.88. The van der Waals surface area contributed by atoms with Crippen LogP contribution in [0.2, 0.25) is 0 Å². The zero-order valence-electron chi connectivity index (χ0n) is 11.6. The highest BCUT2D eigenvalue weighted by Gasteiger charge is 2.29. The van der Waals surface area contributed by atoms with E-state index in [0.29, 0.717) is 6.10 Å². The zero-order chi connectivity index (χ0) is 12.2. The van der Waals surface area contributed by atoms with E-state index < -0.39 is 0 Å². The fraction of sp³-hybridized carbons (Fsp3) is 1.00. The van der Waals surface area contributed by atoms with Gasteiger partial charge in [-0.15, -0.1) is 0 Å². The zero-order valence-corrected chi connectivity index (χ0v) is 11.6. The van der Waals surface area contributed by atoms with Gasteiger partial charge in [-0.05, 0) is 58.2 Å². The summed E-state index contributed by atoms with van der Waals surface area (Å²) in [6.07, 6.45) is 10.2. The molecule has 3 heteroatoms. The van der Waals surface area contributed by atoms with Crippen LogP contribution in [0.5, 0.6) is 0 Å². The van der Waals surface area contributed by atoms with E-state index in [-0.39, 0.29) is 0 Å². The predicted octanol–water partition coefficient (Wildman–Crippen LogP) is 2.12. The van der Waals surface area contributed by atoms with E-state index in [1.165, 1.54) is 77.7 Å². The molecular formula is C15H28N2O. The molecule has 0 spiro atoms. The molecule has 0 N–H and O–H groups in total. The standard InChI is InChI=1S/C15H28N2O/c1-2-8-16(9-3-1)12-14-6-4-10-17(14)13-15-7-5-11-18-15/h14-15H,1-13H2. The lowest BCUT2D eigenvalue weighted by atomic mass is 10.1. The maximum absolute atomic E-state index is 5.80. The molecule has 0 radical (unpaired) electrons. The second kappa shape index (κ2) is 6.36. The van der Waals surface area contributed by atoms with Gasteiger partial charge in [-0.3, -0.25) is 4.90 Å². The summed E-state index contributed by atoms with van der Waals surface area (Å²) in [6.45, 7) is 7.48. The number of likely N-dealkylation sites (tertiary alicyclic amines) is 2. The minimum absolute atomic E-state index is 0.534. The van der Waals surface area contributed by atoms with Crippen molar-refractivity contribution in [3.63, 3.8) is 0 Å². The van der Waals surface area contributed by atoms with E-state index in [2.05, 4.69) is 9.80 Å². The molecular weight excluding hydrogens is 224 g/mol. The van der Waals surface area contributed by atoms with Crippen molar-refractivity contribution < 1.29 is 4.74 Å². The molecule has 3 nitrogen and oxygen atoms in total. The van der Waals surface area contributed by atoms with Gasteiger partial charge in [0.15, 0.2) is 0 Å². The second-order valence-corrected chi connectivity index (χ2v) is 6.29. The Morgan fingerprint density at radius 1 is 0.833 bits per heavy atom. The van der Waals surface area contributed by atoms with E-state index in [9.17, 15) is 0 Å². The molecule has 0 amide bonds. The minimum atomic E-state index is 0.534. The van der Waals surface area contributed by atoms with Gasteiger partial charge in [-0.25, -0.2) is 0 Å². The molecule has 0 aromatic rings. The second-order valence-electron chi connectivity index (χ2n) is 6.29. The summed E-state index contributed by atoms with van der Waals surface area (Å²) < 4.78 is 5.80. The number of piperidine rings is 1.